The molecule has 2 N–H and O–H groups in total. The Morgan fingerprint density at radius 1 is 1.19 bits per heavy atom. The molecule has 0 radical (unpaired) electrons. The minimum atomic E-state index is -0.327. The summed E-state index contributed by atoms with van der Waals surface area (Å²) in [5.74, 6) is -0.0115. The van der Waals surface area contributed by atoms with E-state index in [0.29, 0.717) is 21.9 Å². The summed E-state index contributed by atoms with van der Waals surface area (Å²) in [5.41, 5.74) is 2.41. The van der Waals surface area contributed by atoms with Crippen LogP contribution in [-0.2, 0) is 4.79 Å². The number of nitrogens with zero attached hydrogens (tertiary/aromatic N) is 1. The highest BCUT2D eigenvalue weighted by molar-refractivity contribution is 7.99. The van der Waals surface area contributed by atoms with Crippen LogP contribution in [0.4, 0.5) is 4.39 Å². The van der Waals surface area contributed by atoms with Crippen LogP contribution >= 0.6 is 23.1 Å². The van der Waals surface area contributed by atoms with Gasteiger partial charge in [0.05, 0.1) is 11.1 Å². The van der Waals surface area contributed by atoms with Crippen molar-refractivity contribution in [3.63, 3.8) is 0 Å². The van der Waals surface area contributed by atoms with E-state index in [1.54, 1.807) is 12.1 Å². The van der Waals surface area contributed by atoms with Gasteiger partial charge in [-0.3, -0.25) is 9.59 Å². The Labute approximate surface area is 193 Å². The fourth-order valence-corrected chi connectivity index (χ4v) is 5.18. The van der Waals surface area contributed by atoms with Crippen molar-refractivity contribution in [2.75, 3.05) is 12.3 Å². The van der Waals surface area contributed by atoms with Crippen LogP contribution in [0.15, 0.2) is 69.9 Å². The first-order valence-electron chi connectivity index (χ1n) is 10.3. The standard InChI is InChI=1S/C24H22FN3O2S2/c1-2-15(16-6-4-3-5-7-16)12-26-20(29)14-32-24-27-22(30)21-19(13-31-23(21)28-24)17-8-10-18(25)11-9-17/h3-11,13,15H,2,12,14H2,1H3,(H,26,29)(H,27,28,30). The number of carbonyl (C=O) groups is 1. The van der Waals surface area contributed by atoms with Gasteiger partial charge in [0.1, 0.15) is 10.6 Å². The van der Waals surface area contributed by atoms with Gasteiger partial charge in [0.2, 0.25) is 5.91 Å². The Morgan fingerprint density at radius 3 is 2.66 bits per heavy atom. The summed E-state index contributed by atoms with van der Waals surface area (Å²) in [4.78, 5) is 32.9. The minimum Gasteiger partial charge on any atom is -0.355 e. The van der Waals surface area contributed by atoms with Gasteiger partial charge < -0.3 is 10.3 Å². The van der Waals surface area contributed by atoms with E-state index in [9.17, 15) is 14.0 Å². The lowest BCUT2D eigenvalue weighted by Crippen LogP contribution is -2.29. The number of carbonyl (C=O) groups excluding carboxylic acids is 1. The van der Waals surface area contributed by atoms with E-state index in [1.165, 1.54) is 40.8 Å². The monoisotopic (exact) mass is 467 g/mol. The molecule has 2 aromatic heterocycles. The summed E-state index contributed by atoms with van der Waals surface area (Å²) in [7, 11) is 0. The number of aromatic nitrogens is 2. The van der Waals surface area contributed by atoms with Gasteiger partial charge >= 0.3 is 0 Å². The topological polar surface area (TPSA) is 74.8 Å². The number of fused-ring (bicyclic) bond motifs is 1. The van der Waals surface area contributed by atoms with Crippen molar-refractivity contribution >= 4 is 39.2 Å². The fraction of sp³-hybridized carbons (Fsp3) is 0.208. The predicted octanol–water partition coefficient (Wildman–Crippen LogP) is 5.19. The summed E-state index contributed by atoms with van der Waals surface area (Å²) < 4.78 is 13.2. The van der Waals surface area contributed by atoms with Gasteiger partial charge in [0, 0.05) is 23.4 Å². The smallest absolute Gasteiger partial charge is 0.260 e. The molecule has 1 unspecified atom stereocenters. The van der Waals surface area contributed by atoms with E-state index in [4.69, 9.17) is 0 Å². The molecule has 0 bridgehead atoms. The second-order valence-corrected chi connectivity index (χ2v) is 9.14. The first-order chi connectivity index (χ1) is 15.5. The van der Waals surface area contributed by atoms with Crippen LogP contribution in [0.5, 0.6) is 0 Å². The van der Waals surface area contributed by atoms with E-state index in [1.807, 2.05) is 23.6 Å². The quantitative estimate of drug-likeness (QED) is 0.276. The number of nitrogens with one attached hydrogen (secondary N) is 2. The first-order valence-corrected chi connectivity index (χ1v) is 12.1. The number of thioether (sulfide) groups is 1. The maximum atomic E-state index is 13.2. The number of thiophene rings is 1. The van der Waals surface area contributed by atoms with Crippen LogP contribution < -0.4 is 10.9 Å². The van der Waals surface area contributed by atoms with Gasteiger partial charge in [0.15, 0.2) is 5.16 Å². The summed E-state index contributed by atoms with van der Waals surface area (Å²) >= 11 is 2.55. The van der Waals surface area contributed by atoms with Gasteiger partial charge in [-0.25, -0.2) is 9.37 Å². The maximum Gasteiger partial charge on any atom is 0.260 e. The summed E-state index contributed by atoms with van der Waals surface area (Å²) in [5, 5.41) is 5.70. The number of rotatable bonds is 8. The molecule has 8 heteroatoms. The number of benzene rings is 2. The van der Waals surface area contributed by atoms with Gasteiger partial charge in [-0.15, -0.1) is 11.3 Å². The molecular formula is C24H22FN3O2S2. The molecule has 4 rings (SSSR count). The van der Waals surface area contributed by atoms with Crippen LogP contribution in [0.2, 0.25) is 0 Å². The van der Waals surface area contributed by atoms with Crippen molar-refractivity contribution in [1.82, 2.24) is 15.3 Å². The average molecular weight is 468 g/mol. The molecule has 1 amide bonds. The molecule has 2 heterocycles. The Hall–Kier alpha value is -2.97. The predicted molar refractivity (Wildman–Crippen MR) is 129 cm³/mol. The molecule has 2 aromatic carbocycles. The SMILES string of the molecule is CCC(CNC(=O)CSc1nc2scc(-c3ccc(F)cc3)c2c(=O)[nH]1)c1ccccc1. The zero-order valence-corrected chi connectivity index (χ0v) is 19.1. The molecule has 0 fully saturated rings. The number of halogens is 1. The van der Waals surface area contributed by atoms with Crippen molar-refractivity contribution in [3.05, 3.63) is 81.7 Å². The minimum absolute atomic E-state index is 0.106. The van der Waals surface area contributed by atoms with E-state index in [0.717, 1.165) is 17.5 Å². The number of hydrogen-bond donors (Lipinski definition) is 2. The number of amides is 1. The second kappa shape index (κ2) is 10.1. The average Bonchev–Trinajstić information content (AvgIpc) is 3.24. The first kappa shape index (κ1) is 22.2. The van der Waals surface area contributed by atoms with Crippen molar-refractivity contribution in [2.24, 2.45) is 0 Å². The highest BCUT2D eigenvalue weighted by atomic mass is 32.2. The third-order valence-corrected chi connectivity index (χ3v) is 6.97. The number of hydrogen-bond acceptors (Lipinski definition) is 5. The summed E-state index contributed by atoms with van der Waals surface area (Å²) in [6.45, 7) is 2.67. The van der Waals surface area contributed by atoms with Crippen LogP contribution in [0, 0.1) is 5.82 Å². The van der Waals surface area contributed by atoms with Gasteiger partial charge in [-0.05, 0) is 29.7 Å². The highest BCUT2D eigenvalue weighted by Gasteiger charge is 2.15. The molecule has 164 valence electrons. The Balaban J connectivity index is 1.41. The summed E-state index contributed by atoms with van der Waals surface area (Å²) in [6.07, 6.45) is 0.928. The van der Waals surface area contributed by atoms with Crippen LogP contribution in [-0.4, -0.2) is 28.2 Å². The molecular weight excluding hydrogens is 445 g/mol. The summed E-state index contributed by atoms with van der Waals surface area (Å²) in [6, 6.07) is 16.1. The van der Waals surface area contributed by atoms with Crippen molar-refractivity contribution < 1.29 is 9.18 Å². The number of H-pyrrole nitrogens is 1. The Bertz CT molecular complexity index is 1270. The van der Waals surface area contributed by atoms with Crippen LogP contribution in [0.1, 0.15) is 24.8 Å². The van der Waals surface area contributed by atoms with E-state index in [-0.39, 0.29) is 29.0 Å². The highest BCUT2D eigenvalue weighted by Crippen LogP contribution is 2.31. The Kier molecular flexibility index (Phi) is 7.02. The largest absolute Gasteiger partial charge is 0.355 e. The molecule has 32 heavy (non-hydrogen) atoms. The lowest BCUT2D eigenvalue weighted by molar-refractivity contribution is -0.118. The molecule has 0 aliphatic rings. The third-order valence-electron chi connectivity index (χ3n) is 5.23. The molecule has 4 aromatic rings. The lowest BCUT2D eigenvalue weighted by Gasteiger charge is -2.16. The zero-order valence-electron chi connectivity index (χ0n) is 17.4. The second-order valence-electron chi connectivity index (χ2n) is 7.32. The maximum absolute atomic E-state index is 13.2. The van der Waals surface area contributed by atoms with E-state index >= 15 is 0 Å². The zero-order chi connectivity index (χ0) is 22.5. The Morgan fingerprint density at radius 2 is 1.94 bits per heavy atom. The molecule has 0 aliphatic carbocycles. The van der Waals surface area contributed by atoms with Gasteiger partial charge in [-0.1, -0.05) is 61.2 Å². The molecule has 1 atom stereocenters. The third kappa shape index (κ3) is 5.08. The van der Waals surface area contributed by atoms with Crippen molar-refractivity contribution in [2.45, 2.75) is 24.4 Å². The lowest BCUT2D eigenvalue weighted by atomic mass is 9.96. The van der Waals surface area contributed by atoms with Crippen LogP contribution in [0.25, 0.3) is 21.3 Å². The fourth-order valence-electron chi connectivity index (χ4n) is 3.48. The normalized spacial score (nSPS) is 12.1. The van der Waals surface area contributed by atoms with E-state index in [2.05, 4.69) is 34.3 Å². The molecule has 0 spiro atoms. The molecule has 0 saturated heterocycles. The molecule has 0 saturated carbocycles. The molecule has 0 aliphatic heterocycles. The number of aromatic amines is 1. The van der Waals surface area contributed by atoms with E-state index < -0.39 is 0 Å². The van der Waals surface area contributed by atoms with Crippen molar-refractivity contribution in [1.29, 1.82) is 0 Å². The molecule has 5 nitrogen and oxygen atoms in total. The van der Waals surface area contributed by atoms with Gasteiger partial charge in [0.25, 0.3) is 5.56 Å². The van der Waals surface area contributed by atoms with Crippen LogP contribution in [0.3, 0.4) is 0 Å². The van der Waals surface area contributed by atoms with Gasteiger partial charge in [-0.2, -0.15) is 0 Å². The van der Waals surface area contributed by atoms with Crippen molar-refractivity contribution in [3.8, 4) is 11.1 Å².